The molecule has 0 aliphatic carbocycles. The van der Waals surface area contributed by atoms with E-state index in [0.717, 1.165) is 11.3 Å². The molecule has 18 heavy (non-hydrogen) atoms. The minimum Gasteiger partial charge on any atom is -0.493 e. The van der Waals surface area contributed by atoms with Gasteiger partial charge in [-0.25, -0.2) is 8.42 Å². The highest BCUT2D eigenvalue weighted by Crippen LogP contribution is 2.24. The molecule has 1 rings (SSSR count). The zero-order valence-corrected chi connectivity index (χ0v) is 12.5. The van der Waals surface area contributed by atoms with Gasteiger partial charge < -0.3 is 4.74 Å². The van der Waals surface area contributed by atoms with Gasteiger partial charge >= 0.3 is 0 Å². The van der Waals surface area contributed by atoms with Gasteiger partial charge in [0.25, 0.3) is 0 Å². The summed E-state index contributed by atoms with van der Waals surface area (Å²) in [6, 6.07) is 6.11. The molecule has 0 aliphatic heterocycles. The van der Waals surface area contributed by atoms with Crippen LogP contribution in [-0.4, -0.2) is 20.8 Å². The van der Waals surface area contributed by atoms with Crippen LogP contribution in [0.15, 0.2) is 18.2 Å². The Hall–Kier alpha value is -0.740. The lowest BCUT2D eigenvalue weighted by molar-refractivity contribution is 0.315. The van der Waals surface area contributed by atoms with E-state index in [1.54, 1.807) is 0 Å². The molecule has 0 heterocycles. The predicted molar refractivity (Wildman–Crippen MR) is 75.0 cm³/mol. The van der Waals surface area contributed by atoms with Gasteiger partial charge in [-0.1, -0.05) is 26.0 Å². The maximum absolute atomic E-state index is 10.8. The van der Waals surface area contributed by atoms with Crippen molar-refractivity contribution in [3.05, 3.63) is 29.3 Å². The molecule has 0 saturated heterocycles. The van der Waals surface area contributed by atoms with Crippen LogP contribution in [0.1, 0.15) is 37.3 Å². The van der Waals surface area contributed by atoms with Crippen LogP contribution in [0.3, 0.4) is 0 Å². The largest absolute Gasteiger partial charge is 0.493 e. The minimum atomic E-state index is -3.42. The number of hydrogen-bond acceptors (Lipinski definition) is 3. The summed E-state index contributed by atoms with van der Waals surface area (Å²) in [4.78, 5) is 0. The third kappa shape index (κ3) is 5.27. The molecule has 0 radical (unpaired) electrons. The average molecular weight is 291 g/mol. The molecular weight excluding hydrogens is 272 g/mol. The summed E-state index contributed by atoms with van der Waals surface area (Å²) in [5.74, 6) is 1.20. The Bertz CT molecular complexity index is 495. The molecule has 0 atom stereocenters. The number of benzene rings is 1. The van der Waals surface area contributed by atoms with Gasteiger partial charge in [-0.05, 0) is 36.5 Å². The second-order valence-corrected chi connectivity index (χ2v) is 7.52. The zero-order valence-electron chi connectivity index (χ0n) is 10.9. The summed E-state index contributed by atoms with van der Waals surface area (Å²) >= 11 is 0. The summed E-state index contributed by atoms with van der Waals surface area (Å²) in [5, 5.41) is 0. The quantitative estimate of drug-likeness (QED) is 0.595. The Labute approximate surface area is 114 Å². The Morgan fingerprint density at radius 3 is 2.56 bits per heavy atom. The topological polar surface area (TPSA) is 43.4 Å². The van der Waals surface area contributed by atoms with Crippen molar-refractivity contribution in [1.82, 2.24) is 0 Å². The number of ether oxygens (including phenoxy) is 1. The van der Waals surface area contributed by atoms with E-state index in [-0.39, 0.29) is 5.75 Å². The molecule has 5 heteroatoms. The van der Waals surface area contributed by atoms with Crippen LogP contribution in [0, 0.1) is 6.92 Å². The fraction of sp³-hybridized carbons (Fsp3) is 0.538. The molecular formula is C13H19ClO3S. The fourth-order valence-electron chi connectivity index (χ4n) is 1.54. The standard InChI is InChI=1S/C13H19ClO3S/c1-10(2)12-6-5-11(3)13(9-12)17-7-4-8-18(14,15)16/h5-6,9-10H,4,7-8H2,1-3H3. The summed E-state index contributed by atoms with van der Waals surface area (Å²) < 4.78 is 27.1. The normalized spacial score (nSPS) is 11.8. The maximum atomic E-state index is 10.8. The third-order valence-electron chi connectivity index (χ3n) is 2.67. The molecule has 1 aromatic carbocycles. The molecule has 0 N–H and O–H groups in total. The van der Waals surface area contributed by atoms with Crippen molar-refractivity contribution in [2.75, 3.05) is 12.4 Å². The minimum absolute atomic E-state index is 0.0581. The molecule has 3 nitrogen and oxygen atoms in total. The van der Waals surface area contributed by atoms with E-state index >= 15 is 0 Å². The molecule has 0 amide bonds. The van der Waals surface area contributed by atoms with E-state index in [9.17, 15) is 8.42 Å². The Morgan fingerprint density at radius 2 is 2.00 bits per heavy atom. The van der Waals surface area contributed by atoms with E-state index < -0.39 is 9.05 Å². The van der Waals surface area contributed by atoms with Gasteiger partial charge in [-0.2, -0.15) is 0 Å². The van der Waals surface area contributed by atoms with Crippen molar-refractivity contribution < 1.29 is 13.2 Å². The Morgan fingerprint density at radius 1 is 1.33 bits per heavy atom. The molecule has 0 spiro atoms. The van der Waals surface area contributed by atoms with Crippen LogP contribution >= 0.6 is 10.7 Å². The molecule has 102 valence electrons. The van der Waals surface area contributed by atoms with E-state index in [1.807, 2.05) is 19.1 Å². The SMILES string of the molecule is Cc1ccc(C(C)C)cc1OCCCS(=O)(=O)Cl. The second-order valence-electron chi connectivity index (χ2n) is 4.62. The lowest BCUT2D eigenvalue weighted by Gasteiger charge is -2.12. The van der Waals surface area contributed by atoms with Crippen molar-refractivity contribution in [3.63, 3.8) is 0 Å². The van der Waals surface area contributed by atoms with E-state index in [0.29, 0.717) is 18.9 Å². The van der Waals surface area contributed by atoms with Gasteiger partial charge in [0.2, 0.25) is 9.05 Å². The molecule has 0 aliphatic rings. The molecule has 0 unspecified atom stereocenters. The monoisotopic (exact) mass is 290 g/mol. The summed E-state index contributed by atoms with van der Waals surface area (Å²) in [7, 11) is 1.71. The van der Waals surface area contributed by atoms with Crippen LogP contribution in [0.4, 0.5) is 0 Å². The third-order valence-corrected chi connectivity index (χ3v) is 3.91. The van der Waals surface area contributed by atoms with Crippen molar-refractivity contribution in [1.29, 1.82) is 0 Å². The van der Waals surface area contributed by atoms with Crippen LogP contribution in [0.25, 0.3) is 0 Å². The first-order chi connectivity index (χ1) is 8.29. The van der Waals surface area contributed by atoms with Crippen molar-refractivity contribution in [2.24, 2.45) is 0 Å². The van der Waals surface area contributed by atoms with Gasteiger partial charge in [0.05, 0.1) is 12.4 Å². The second kappa shape index (κ2) is 6.43. The van der Waals surface area contributed by atoms with Crippen LogP contribution < -0.4 is 4.74 Å². The van der Waals surface area contributed by atoms with Crippen LogP contribution in [0.2, 0.25) is 0 Å². The van der Waals surface area contributed by atoms with Crippen molar-refractivity contribution in [3.8, 4) is 5.75 Å². The summed E-state index contributed by atoms with van der Waals surface area (Å²) in [6.07, 6.45) is 0.400. The lowest BCUT2D eigenvalue weighted by Crippen LogP contribution is -2.05. The van der Waals surface area contributed by atoms with Gasteiger partial charge in [-0.3, -0.25) is 0 Å². The number of hydrogen-bond donors (Lipinski definition) is 0. The first kappa shape index (κ1) is 15.3. The van der Waals surface area contributed by atoms with Gasteiger partial charge in [0.15, 0.2) is 0 Å². The fourth-order valence-corrected chi connectivity index (χ4v) is 2.33. The number of aryl methyl sites for hydroxylation is 1. The average Bonchev–Trinajstić information content (AvgIpc) is 2.24. The Kier molecular flexibility index (Phi) is 5.47. The first-order valence-electron chi connectivity index (χ1n) is 5.95. The summed E-state index contributed by atoms with van der Waals surface area (Å²) in [5.41, 5.74) is 2.26. The zero-order chi connectivity index (χ0) is 13.8. The maximum Gasteiger partial charge on any atom is 0.232 e. The van der Waals surface area contributed by atoms with Gasteiger partial charge in [0, 0.05) is 10.7 Å². The summed E-state index contributed by atoms with van der Waals surface area (Å²) in [6.45, 7) is 6.56. The number of halogens is 1. The first-order valence-corrected chi connectivity index (χ1v) is 8.43. The molecule has 0 aromatic heterocycles. The van der Waals surface area contributed by atoms with E-state index in [1.165, 1.54) is 5.56 Å². The Balaban J connectivity index is 2.59. The molecule has 0 fully saturated rings. The number of rotatable bonds is 6. The van der Waals surface area contributed by atoms with Crippen LogP contribution in [-0.2, 0) is 9.05 Å². The highest BCUT2D eigenvalue weighted by atomic mass is 35.7. The smallest absolute Gasteiger partial charge is 0.232 e. The van der Waals surface area contributed by atoms with E-state index in [4.69, 9.17) is 15.4 Å². The highest BCUT2D eigenvalue weighted by molar-refractivity contribution is 8.13. The lowest BCUT2D eigenvalue weighted by atomic mass is 10.0. The van der Waals surface area contributed by atoms with Crippen molar-refractivity contribution in [2.45, 2.75) is 33.1 Å². The van der Waals surface area contributed by atoms with Crippen LogP contribution in [0.5, 0.6) is 5.75 Å². The highest BCUT2D eigenvalue weighted by Gasteiger charge is 2.07. The van der Waals surface area contributed by atoms with Gasteiger partial charge in [0.1, 0.15) is 5.75 Å². The van der Waals surface area contributed by atoms with E-state index in [2.05, 4.69) is 19.9 Å². The molecule has 1 aromatic rings. The molecule has 0 saturated carbocycles. The predicted octanol–water partition coefficient (Wildman–Crippen LogP) is 3.46. The van der Waals surface area contributed by atoms with Crippen molar-refractivity contribution >= 4 is 19.7 Å². The van der Waals surface area contributed by atoms with Gasteiger partial charge in [-0.15, -0.1) is 0 Å². The molecule has 0 bridgehead atoms.